The van der Waals surface area contributed by atoms with Crippen molar-refractivity contribution in [3.63, 3.8) is 0 Å². The summed E-state index contributed by atoms with van der Waals surface area (Å²) < 4.78 is 0. The third kappa shape index (κ3) is 8.46. The summed E-state index contributed by atoms with van der Waals surface area (Å²) in [6.07, 6.45) is 4.91. The van der Waals surface area contributed by atoms with E-state index in [1.165, 1.54) is 38.7 Å². The molecule has 0 saturated heterocycles. The number of pyridine rings is 1. The van der Waals surface area contributed by atoms with Crippen molar-refractivity contribution in [2.24, 2.45) is 10.8 Å². The molecule has 0 saturated carbocycles. The number of hydrogen-bond donors (Lipinski definition) is 1. The minimum absolute atomic E-state index is 0. The smallest absolute Gasteiger partial charge is 0.164 e. The molecule has 3 nitrogen and oxygen atoms in total. The predicted molar refractivity (Wildman–Crippen MR) is 185 cm³/mol. The number of carbonyl (C=O) groups is 1. The van der Waals surface area contributed by atoms with Crippen molar-refractivity contribution in [1.82, 2.24) is 4.98 Å². The number of aliphatic hydroxyl groups excluding tert-OH is 1. The van der Waals surface area contributed by atoms with Gasteiger partial charge in [-0.15, -0.1) is 34.9 Å². The van der Waals surface area contributed by atoms with Crippen molar-refractivity contribution in [3.8, 4) is 11.3 Å². The monoisotopic (exact) mass is 771 g/mol. The van der Waals surface area contributed by atoms with Gasteiger partial charge in [-0.2, -0.15) is 0 Å². The van der Waals surface area contributed by atoms with E-state index in [-0.39, 0.29) is 47.9 Å². The van der Waals surface area contributed by atoms with E-state index in [4.69, 9.17) is 4.98 Å². The standard InChI is InChI=1S/C27H28N.C13H24O2.Ir/c1-17(2)22-8-7-9-24-23(22)11-10-19-12-13-28-26(25(19)24)20-14-18(3)15-21(16-20)27(4,5)6;1-7-12(3,4)10(14)9-11(15)13(5,6)8-2;/h7-13,15-17H,1-6H3;9,14H,7-8H2,1-6H3;/q-1;;/b;10-9-;. The van der Waals surface area contributed by atoms with E-state index in [9.17, 15) is 9.90 Å². The molecule has 0 aliphatic carbocycles. The van der Waals surface area contributed by atoms with Crippen LogP contribution in [0.1, 0.15) is 112 Å². The summed E-state index contributed by atoms with van der Waals surface area (Å²) in [7, 11) is 0. The predicted octanol–water partition coefficient (Wildman–Crippen LogP) is 11.5. The van der Waals surface area contributed by atoms with E-state index in [0.717, 1.165) is 29.7 Å². The van der Waals surface area contributed by atoms with Gasteiger partial charge in [0.25, 0.3) is 0 Å². The topological polar surface area (TPSA) is 50.2 Å². The zero-order valence-corrected chi connectivity index (χ0v) is 31.3. The van der Waals surface area contributed by atoms with Crippen LogP contribution in [0.2, 0.25) is 0 Å². The summed E-state index contributed by atoms with van der Waals surface area (Å²) in [5.74, 6) is 0.680. The fourth-order valence-corrected chi connectivity index (χ4v) is 4.91. The van der Waals surface area contributed by atoms with Gasteiger partial charge >= 0.3 is 0 Å². The zero-order valence-electron chi connectivity index (χ0n) is 28.9. The van der Waals surface area contributed by atoms with Crippen LogP contribution in [0.25, 0.3) is 32.8 Å². The molecular weight excluding hydrogens is 719 g/mol. The number of benzene rings is 3. The Morgan fingerprint density at radius 2 is 1.55 bits per heavy atom. The van der Waals surface area contributed by atoms with Crippen molar-refractivity contribution in [3.05, 3.63) is 89.3 Å². The second-order valence-electron chi connectivity index (χ2n) is 14.5. The Hall–Kier alpha value is -2.81. The Morgan fingerprint density at radius 3 is 2.11 bits per heavy atom. The molecule has 44 heavy (non-hydrogen) atoms. The fraction of sp³-hybridized carbons (Fsp3) is 0.450. The number of rotatable bonds is 7. The number of aryl methyl sites for hydroxylation is 1. The normalized spacial score (nSPS) is 12.6. The molecule has 239 valence electrons. The number of ketones is 1. The zero-order chi connectivity index (χ0) is 32.3. The van der Waals surface area contributed by atoms with E-state index in [0.29, 0.717) is 5.92 Å². The van der Waals surface area contributed by atoms with Crippen LogP contribution in [0.15, 0.2) is 66.6 Å². The molecule has 4 aromatic rings. The molecule has 4 heteroatoms. The SMILES string of the molecule is CCC(C)(C)C(=O)/C=C(\O)C(C)(C)CC.Cc1[c-]c(-c2nccc3ccc4c(C(C)C)cccc4c23)cc(C(C)(C)C)c1.[Ir]. The number of hydrogen-bond acceptors (Lipinski definition) is 3. The molecule has 0 fully saturated rings. The van der Waals surface area contributed by atoms with Crippen molar-refractivity contribution in [1.29, 1.82) is 0 Å². The van der Waals surface area contributed by atoms with E-state index >= 15 is 0 Å². The molecule has 0 aliphatic heterocycles. The first-order valence-electron chi connectivity index (χ1n) is 15.7. The molecule has 0 unspecified atom stereocenters. The first kappa shape index (κ1) is 37.4. The number of allylic oxidation sites excluding steroid dienone is 2. The van der Waals surface area contributed by atoms with Crippen LogP contribution in [0, 0.1) is 23.8 Å². The summed E-state index contributed by atoms with van der Waals surface area (Å²) in [6.45, 7) is 25.1. The molecule has 4 rings (SSSR count). The van der Waals surface area contributed by atoms with Gasteiger partial charge in [0, 0.05) is 43.2 Å². The quantitative estimate of drug-likeness (QED) is 0.0881. The van der Waals surface area contributed by atoms with E-state index in [1.807, 2.05) is 47.7 Å². The van der Waals surface area contributed by atoms with Gasteiger partial charge in [-0.25, -0.2) is 0 Å². The Morgan fingerprint density at radius 1 is 0.909 bits per heavy atom. The van der Waals surface area contributed by atoms with Crippen molar-refractivity contribution in [2.75, 3.05) is 0 Å². The number of aliphatic hydroxyl groups is 1. The minimum atomic E-state index is -0.377. The Kier molecular flexibility index (Phi) is 12.3. The van der Waals surface area contributed by atoms with Gasteiger partial charge in [-0.3, -0.25) is 4.79 Å². The fourth-order valence-electron chi connectivity index (χ4n) is 4.91. The van der Waals surface area contributed by atoms with Crippen molar-refractivity contribution < 1.29 is 30.0 Å². The van der Waals surface area contributed by atoms with Crippen LogP contribution in [0.4, 0.5) is 0 Å². The van der Waals surface area contributed by atoms with Crippen molar-refractivity contribution in [2.45, 2.75) is 107 Å². The van der Waals surface area contributed by atoms with Crippen LogP contribution in [0.3, 0.4) is 0 Å². The summed E-state index contributed by atoms with van der Waals surface area (Å²) in [5, 5.41) is 14.9. The molecule has 0 amide bonds. The number of nitrogens with zero attached hydrogens (tertiary/aromatic N) is 1. The molecule has 1 N–H and O–H groups in total. The van der Waals surface area contributed by atoms with E-state index in [2.05, 4.69) is 96.1 Å². The van der Waals surface area contributed by atoms with Gasteiger partial charge in [0.05, 0.1) is 0 Å². The molecule has 3 aromatic carbocycles. The molecule has 0 aliphatic rings. The second-order valence-corrected chi connectivity index (χ2v) is 14.5. The van der Waals surface area contributed by atoms with E-state index < -0.39 is 0 Å². The second kappa shape index (κ2) is 14.5. The number of aromatic nitrogens is 1. The number of carbonyl (C=O) groups excluding carboxylic acids is 1. The molecule has 0 atom stereocenters. The summed E-state index contributed by atoms with van der Waals surface area (Å²) in [5.41, 5.74) is 5.38. The van der Waals surface area contributed by atoms with Crippen LogP contribution in [-0.4, -0.2) is 15.9 Å². The van der Waals surface area contributed by atoms with Crippen molar-refractivity contribution >= 4 is 27.3 Å². The van der Waals surface area contributed by atoms with Crippen LogP contribution >= 0.6 is 0 Å². The Balaban J connectivity index is 0.000000363. The van der Waals surface area contributed by atoms with Gasteiger partial charge in [-0.05, 0) is 63.0 Å². The maximum absolute atomic E-state index is 11.8. The first-order valence-corrected chi connectivity index (χ1v) is 15.7. The Labute approximate surface area is 279 Å². The largest absolute Gasteiger partial charge is 0.512 e. The molecular formula is C40H52IrNO2-. The average Bonchev–Trinajstić information content (AvgIpc) is 2.95. The van der Waals surface area contributed by atoms with Gasteiger partial charge in [0.15, 0.2) is 5.78 Å². The van der Waals surface area contributed by atoms with Gasteiger partial charge in [-0.1, -0.05) is 113 Å². The van der Waals surface area contributed by atoms with Crippen LogP contribution in [-0.2, 0) is 30.3 Å². The molecule has 1 radical (unpaired) electrons. The third-order valence-corrected chi connectivity index (χ3v) is 8.96. The van der Waals surface area contributed by atoms with Crippen LogP contribution < -0.4 is 0 Å². The first-order chi connectivity index (χ1) is 19.9. The summed E-state index contributed by atoms with van der Waals surface area (Å²) in [4.78, 5) is 16.7. The summed E-state index contributed by atoms with van der Waals surface area (Å²) in [6, 6.07) is 21.3. The maximum atomic E-state index is 11.8. The summed E-state index contributed by atoms with van der Waals surface area (Å²) >= 11 is 0. The van der Waals surface area contributed by atoms with Gasteiger partial charge in [0.2, 0.25) is 0 Å². The Bertz CT molecular complexity index is 1640. The number of fused-ring (bicyclic) bond motifs is 3. The van der Waals surface area contributed by atoms with E-state index in [1.54, 1.807) is 0 Å². The maximum Gasteiger partial charge on any atom is 0.164 e. The van der Waals surface area contributed by atoms with Gasteiger partial charge in [0.1, 0.15) is 5.76 Å². The van der Waals surface area contributed by atoms with Crippen LogP contribution in [0.5, 0.6) is 0 Å². The molecule has 1 aromatic heterocycles. The minimum Gasteiger partial charge on any atom is -0.512 e. The molecule has 1 heterocycles. The average molecular weight is 771 g/mol. The van der Waals surface area contributed by atoms with Gasteiger partial charge < -0.3 is 10.1 Å². The molecule has 0 spiro atoms. The third-order valence-electron chi connectivity index (χ3n) is 8.96. The molecule has 0 bridgehead atoms.